The molecule has 20 heavy (non-hydrogen) atoms. The highest BCUT2D eigenvalue weighted by Gasteiger charge is 2.19. The third-order valence-corrected chi connectivity index (χ3v) is 2.82. The van der Waals surface area contributed by atoms with Crippen LogP contribution in [-0.2, 0) is 14.3 Å². The van der Waals surface area contributed by atoms with Gasteiger partial charge in [-0.15, -0.1) is 0 Å². The highest BCUT2D eigenvalue weighted by atomic mass is 16.5. The second-order valence-corrected chi connectivity index (χ2v) is 4.26. The van der Waals surface area contributed by atoms with Crippen molar-refractivity contribution in [2.75, 3.05) is 13.7 Å². The van der Waals surface area contributed by atoms with Gasteiger partial charge in [0.25, 0.3) is 0 Å². The van der Waals surface area contributed by atoms with Crippen molar-refractivity contribution in [2.45, 2.75) is 20.8 Å². The first kappa shape index (κ1) is 15.8. The molecule has 0 saturated heterocycles. The molecule has 0 aromatic heterocycles. The molecule has 1 rings (SSSR count). The zero-order valence-electron chi connectivity index (χ0n) is 12.0. The Bertz CT molecular complexity index is 534. The van der Waals surface area contributed by atoms with Crippen molar-refractivity contribution in [3.63, 3.8) is 0 Å². The van der Waals surface area contributed by atoms with Gasteiger partial charge in [0, 0.05) is 0 Å². The van der Waals surface area contributed by atoms with Crippen LogP contribution in [0.3, 0.4) is 0 Å². The SMILES string of the molecule is CCOC(=O)C(=Cc1c(C)cc(OC)cc1C)C(=O)O. The first-order valence-corrected chi connectivity index (χ1v) is 6.18. The molecule has 0 heterocycles. The number of carbonyl (C=O) groups is 2. The largest absolute Gasteiger partial charge is 0.497 e. The van der Waals surface area contributed by atoms with Crippen molar-refractivity contribution in [1.29, 1.82) is 0 Å². The molecule has 1 N–H and O–H groups in total. The van der Waals surface area contributed by atoms with E-state index in [1.807, 2.05) is 13.8 Å². The molecule has 0 spiro atoms. The second kappa shape index (κ2) is 6.75. The predicted octanol–water partition coefficient (Wildman–Crippen LogP) is 2.34. The van der Waals surface area contributed by atoms with Gasteiger partial charge < -0.3 is 14.6 Å². The molecule has 1 aromatic carbocycles. The van der Waals surface area contributed by atoms with Gasteiger partial charge in [0.2, 0.25) is 0 Å². The minimum Gasteiger partial charge on any atom is -0.497 e. The van der Waals surface area contributed by atoms with Crippen LogP contribution in [0.5, 0.6) is 5.75 Å². The lowest BCUT2D eigenvalue weighted by atomic mass is 10.00. The molecule has 0 atom stereocenters. The molecule has 1 aromatic rings. The fourth-order valence-corrected chi connectivity index (χ4v) is 1.84. The van der Waals surface area contributed by atoms with Gasteiger partial charge in [0.15, 0.2) is 0 Å². The smallest absolute Gasteiger partial charge is 0.345 e. The van der Waals surface area contributed by atoms with Crippen LogP contribution in [0.15, 0.2) is 17.7 Å². The van der Waals surface area contributed by atoms with E-state index in [0.717, 1.165) is 11.1 Å². The molecule has 108 valence electrons. The number of methoxy groups -OCH3 is 1. The molecule has 0 aliphatic rings. The Morgan fingerprint density at radius 2 is 1.80 bits per heavy atom. The normalized spacial score (nSPS) is 11.1. The Balaban J connectivity index is 3.31. The highest BCUT2D eigenvalue weighted by molar-refractivity contribution is 6.17. The number of hydrogen-bond donors (Lipinski definition) is 1. The molecule has 5 nitrogen and oxygen atoms in total. The van der Waals surface area contributed by atoms with Gasteiger partial charge in [-0.3, -0.25) is 0 Å². The fraction of sp³-hybridized carbons (Fsp3) is 0.333. The van der Waals surface area contributed by atoms with Crippen molar-refractivity contribution in [3.05, 3.63) is 34.4 Å². The van der Waals surface area contributed by atoms with Crippen LogP contribution in [0, 0.1) is 13.8 Å². The van der Waals surface area contributed by atoms with Crippen LogP contribution in [0.4, 0.5) is 0 Å². The molecule has 0 aliphatic carbocycles. The monoisotopic (exact) mass is 278 g/mol. The maximum atomic E-state index is 11.6. The van der Waals surface area contributed by atoms with Gasteiger partial charge in [0.1, 0.15) is 11.3 Å². The number of benzene rings is 1. The van der Waals surface area contributed by atoms with Crippen molar-refractivity contribution < 1.29 is 24.2 Å². The molecule has 0 bridgehead atoms. The standard InChI is InChI=1S/C15H18O5/c1-5-20-15(18)13(14(16)17)8-12-9(2)6-11(19-4)7-10(12)3/h6-8H,5H2,1-4H3,(H,16,17). The number of rotatable bonds is 5. The number of carboxylic acid groups (broad SMARTS) is 1. The molecule has 0 radical (unpaired) electrons. The number of carbonyl (C=O) groups excluding carboxylic acids is 1. The van der Waals surface area contributed by atoms with E-state index < -0.39 is 11.9 Å². The summed E-state index contributed by atoms with van der Waals surface area (Å²) in [6.07, 6.45) is 1.34. The van der Waals surface area contributed by atoms with E-state index in [2.05, 4.69) is 0 Å². The summed E-state index contributed by atoms with van der Waals surface area (Å²) >= 11 is 0. The predicted molar refractivity (Wildman–Crippen MR) is 74.7 cm³/mol. The average Bonchev–Trinajstić information content (AvgIpc) is 2.37. The Morgan fingerprint density at radius 3 is 2.20 bits per heavy atom. The van der Waals surface area contributed by atoms with E-state index in [0.29, 0.717) is 11.3 Å². The lowest BCUT2D eigenvalue weighted by molar-refractivity contribution is -0.143. The summed E-state index contributed by atoms with van der Waals surface area (Å²) in [4.78, 5) is 22.8. The molecular formula is C15H18O5. The van der Waals surface area contributed by atoms with Crippen LogP contribution in [0.25, 0.3) is 6.08 Å². The third-order valence-electron chi connectivity index (χ3n) is 2.82. The van der Waals surface area contributed by atoms with Crippen LogP contribution in [0.2, 0.25) is 0 Å². The number of carboxylic acids is 1. The summed E-state index contributed by atoms with van der Waals surface area (Å²) in [6.45, 7) is 5.41. The molecule has 5 heteroatoms. The van der Waals surface area contributed by atoms with E-state index in [4.69, 9.17) is 14.6 Å². The van der Waals surface area contributed by atoms with Crippen molar-refractivity contribution in [2.24, 2.45) is 0 Å². The van der Waals surface area contributed by atoms with Crippen LogP contribution < -0.4 is 4.74 Å². The molecule has 0 aliphatic heterocycles. The van der Waals surface area contributed by atoms with Crippen molar-refractivity contribution in [1.82, 2.24) is 0 Å². The van der Waals surface area contributed by atoms with Gasteiger partial charge in [-0.05, 0) is 55.7 Å². The Kier molecular flexibility index (Phi) is 5.32. The topological polar surface area (TPSA) is 72.8 Å². The number of aliphatic carboxylic acids is 1. The minimum absolute atomic E-state index is 0.129. The molecule has 0 saturated carbocycles. The maximum absolute atomic E-state index is 11.6. The van der Waals surface area contributed by atoms with Crippen LogP contribution in [-0.4, -0.2) is 30.8 Å². The second-order valence-electron chi connectivity index (χ2n) is 4.26. The van der Waals surface area contributed by atoms with Crippen LogP contribution in [0.1, 0.15) is 23.6 Å². The first-order valence-electron chi connectivity index (χ1n) is 6.18. The third kappa shape index (κ3) is 3.60. The number of ether oxygens (including phenoxy) is 2. The lowest BCUT2D eigenvalue weighted by Crippen LogP contribution is -2.15. The van der Waals surface area contributed by atoms with E-state index in [1.165, 1.54) is 6.08 Å². The molecular weight excluding hydrogens is 260 g/mol. The number of esters is 1. The molecule has 0 unspecified atom stereocenters. The van der Waals surface area contributed by atoms with E-state index >= 15 is 0 Å². The number of hydrogen-bond acceptors (Lipinski definition) is 4. The summed E-state index contributed by atoms with van der Waals surface area (Å²) in [7, 11) is 1.56. The quantitative estimate of drug-likeness (QED) is 0.387. The fourth-order valence-electron chi connectivity index (χ4n) is 1.84. The Hall–Kier alpha value is -2.30. The van der Waals surface area contributed by atoms with Crippen molar-refractivity contribution in [3.8, 4) is 5.75 Å². The summed E-state index contributed by atoms with van der Waals surface area (Å²) in [5.41, 5.74) is 1.94. The summed E-state index contributed by atoms with van der Waals surface area (Å²) < 4.78 is 9.89. The minimum atomic E-state index is -1.31. The number of aryl methyl sites for hydroxylation is 2. The first-order chi connectivity index (χ1) is 9.40. The van der Waals surface area contributed by atoms with Crippen molar-refractivity contribution >= 4 is 18.0 Å². The maximum Gasteiger partial charge on any atom is 0.345 e. The Labute approximate surface area is 117 Å². The summed E-state index contributed by atoms with van der Waals surface area (Å²) in [5, 5.41) is 9.12. The zero-order valence-corrected chi connectivity index (χ0v) is 12.0. The van der Waals surface area contributed by atoms with Gasteiger partial charge in [-0.2, -0.15) is 0 Å². The Morgan fingerprint density at radius 1 is 1.25 bits per heavy atom. The van der Waals surface area contributed by atoms with E-state index in [1.54, 1.807) is 26.2 Å². The highest BCUT2D eigenvalue weighted by Crippen LogP contribution is 2.24. The lowest BCUT2D eigenvalue weighted by Gasteiger charge is -2.10. The van der Waals surface area contributed by atoms with Gasteiger partial charge in [-0.25, -0.2) is 9.59 Å². The van der Waals surface area contributed by atoms with Gasteiger partial charge >= 0.3 is 11.9 Å². The summed E-state index contributed by atoms with van der Waals surface area (Å²) in [6, 6.07) is 3.56. The summed E-state index contributed by atoms with van der Waals surface area (Å²) in [5.74, 6) is -1.46. The average molecular weight is 278 g/mol. The van der Waals surface area contributed by atoms with E-state index in [9.17, 15) is 9.59 Å². The van der Waals surface area contributed by atoms with Gasteiger partial charge in [0.05, 0.1) is 13.7 Å². The molecule has 0 amide bonds. The molecule has 0 fully saturated rings. The zero-order chi connectivity index (χ0) is 15.3. The van der Waals surface area contributed by atoms with Crippen LogP contribution >= 0.6 is 0 Å². The van der Waals surface area contributed by atoms with Gasteiger partial charge in [-0.1, -0.05) is 0 Å². The van der Waals surface area contributed by atoms with E-state index in [-0.39, 0.29) is 12.2 Å².